The van der Waals surface area contributed by atoms with Crippen LogP contribution in [0.15, 0.2) is 24.3 Å². The third kappa shape index (κ3) is 5.77. The molecule has 1 aromatic carbocycles. The van der Waals surface area contributed by atoms with Crippen molar-refractivity contribution >= 4 is 10.0 Å². The van der Waals surface area contributed by atoms with Gasteiger partial charge < -0.3 is 5.11 Å². The van der Waals surface area contributed by atoms with E-state index in [4.69, 9.17) is 0 Å². The van der Waals surface area contributed by atoms with E-state index in [1.807, 2.05) is 52.8 Å². The lowest BCUT2D eigenvalue weighted by Crippen LogP contribution is -2.43. The van der Waals surface area contributed by atoms with Gasteiger partial charge in [-0.1, -0.05) is 57.5 Å². The first-order valence-corrected chi connectivity index (χ1v) is 8.90. The number of hydrogen-bond donors (Lipinski definition) is 2. The van der Waals surface area contributed by atoms with Crippen molar-refractivity contribution in [2.45, 2.75) is 46.5 Å². The van der Waals surface area contributed by atoms with Gasteiger partial charge in [-0.3, -0.25) is 0 Å². The van der Waals surface area contributed by atoms with Gasteiger partial charge in [-0.05, 0) is 18.4 Å². The van der Waals surface area contributed by atoms with E-state index in [0.29, 0.717) is 0 Å². The quantitative estimate of drug-likeness (QED) is 0.812. The van der Waals surface area contributed by atoms with Gasteiger partial charge in [-0.2, -0.15) is 0 Å². The molecule has 0 aromatic heterocycles. The molecule has 120 valence electrons. The molecule has 0 fully saturated rings. The minimum absolute atomic E-state index is 0.0392. The van der Waals surface area contributed by atoms with Crippen molar-refractivity contribution in [2.24, 2.45) is 11.3 Å². The number of aliphatic hydroxyl groups excluding tert-OH is 1. The Hall–Kier alpha value is -0.910. The van der Waals surface area contributed by atoms with Gasteiger partial charge in [0.2, 0.25) is 10.0 Å². The Balaban J connectivity index is 2.69. The van der Waals surface area contributed by atoms with Crippen LogP contribution in [0.5, 0.6) is 0 Å². The lowest BCUT2D eigenvalue weighted by Gasteiger charge is -2.33. The summed E-state index contributed by atoms with van der Waals surface area (Å²) in [7, 11) is -3.40. The molecule has 1 aromatic rings. The van der Waals surface area contributed by atoms with E-state index in [1.165, 1.54) is 0 Å². The van der Waals surface area contributed by atoms with Crippen LogP contribution in [-0.2, 0) is 15.8 Å². The summed E-state index contributed by atoms with van der Waals surface area (Å²) in [6, 6.07) is 7.46. The molecule has 0 radical (unpaired) electrons. The molecule has 4 nitrogen and oxygen atoms in total. The monoisotopic (exact) mass is 313 g/mol. The number of rotatable bonds is 7. The van der Waals surface area contributed by atoms with E-state index < -0.39 is 21.5 Å². The fourth-order valence-electron chi connectivity index (χ4n) is 2.38. The molecule has 0 aliphatic carbocycles. The normalized spacial score (nSPS) is 14.4. The lowest BCUT2D eigenvalue weighted by atomic mass is 9.81. The average molecular weight is 313 g/mol. The van der Waals surface area contributed by atoms with Crippen LogP contribution >= 0.6 is 0 Å². The third-order valence-corrected chi connectivity index (χ3v) is 4.92. The Morgan fingerprint density at radius 1 is 1.29 bits per heavy atom. The van der Waals surface area contributed by atoms with Crippen LogP contribution in [0.25, 0.3) is 0 Å². The third-order valence-electron chi connectivity index (χ3n) is 3.62. The second-order valence-corrected chi connectivity index (χ2v) is 8.55. The summed E-state index contributed by atoms with van der Waals surface area (Å²) in [6.45, 7) is 9.74. The number of aliphatic hydroxyl groups is 1. The zero-order chi connectivity index (χ0) is 16.3. The maximum atomic E-state index is 12.2. The molecule has 0 saturated carbocycles. The summed E-state index contributed by atoms with van der Waals surface area (Å²) in [6.07, 6.45) is -0.556. The molecule has 21 heavy (non-hydrogen) atoms. The molecule has 0 aliphatic heterocycles. The van der Waals surface area contributed by atoms with Gasteiger partial charge in [-0.15, -0.1) is 0 Å². The van der Waals surface area contributed by atoms with Gasteiger partial charge in [-0.25, -0.2) is 13.1 Å². The second-order valence-electron chi connectivity index (χ2n) is 6.75. The molecule has 0 aliphatic rings. The minimum Gasteiger partial charge on any atom is -0.392 e. The summed E-state index contributed by atoms with van der Waals surface area (Å²) in [5.74, 6) is 0.0454. The zero-order valence-corrected chi connectivity index (χ0v) is 14.4. The number of hydrogen-bond acceptors (Lipinski definition) is 3. The van der Waals surface area contributed by atoms with Crippen LogP contribution in [-0.4, -0.2) is 26.2 Å². The van der Waals surface area contributed by atoms with Crippen molar-refractivity contribution in [3.8, 4) is 0 Å². The molecular formula is C16H27NO3S. The van der Waals surface area contributed by atoms with Gasteiger partial charge in [0.25, 0.3) is 0 Å². The predicted molar refractivity (Wildman–Crippen MR) is 86.4 cm³/mol. The van der Waals surface area contributed by atoms with E-state index in [-0.39, 0.29) is 18.2 Å². The van der Waals surface area contributed by atoms with Crippen molar-refractivity contribution in [2.75, 3.05) is 6.54 Å². The van der Waals surface area contributed by atoms with Gasteiger partial charge in [0.15, 0.2) is 0 Å². The average Bonchev–Trinajstić information content (AvgIpc) is 2.35. The van der Waals surface area contributed by atoms with Gasteiger partial charge in [0.1, 0.15) is 0 Å². The smallest absolute Gasteiger partial charge is 0.215 e. The Morgan fingerprint density at radius 3 is 2.43 bits per heavy atom. The van der Waals surface area contributed by atoms with Crippen molar-refractivity contribution < 1.29 is 13.5 Å². The molecule has 0 bridgehead atoms. The molecule has 1 unspecified atom stereocenters. The molecule has 0 saturated heterocycles. The van der Waals surface area contributed by atoms with E-state index >= 15 is 0 Å². The summed E-state index contributed by atoms with van der Waals surface area (Å²) >= 11 is 0. The van der Waals surface area contributed by atoms with Crippen molar-refractivity contribution in [1.82, 2.24) is 4.72 Å². The number of aryl methyl sites for hydroxylation is 1. The van der Waals surface area contributed by atoms with Crippen LogP contribution in [0, 0.1) is 18.3 Å². The first kappa shape index (κ1) is 18.1. The maximum absolute atomic E-state index is 12.2. The molecule has 2 N–H and O–H groups in total. The Labute approximate surface area is 128 Å². The number of sulfonamides is 1. The number of benzene rings is 1. The van der Waals surface area contributed by atoms with Crippen molar-refractivity contribution in [1.29, 1.82) is 0 Å². The van der Waals surface area contributed by atoms with Crippen molar-refractivity contribution in [3.63, 3.8) is 0 Å². The fourth-order valence-corrected chi connectivity index (χ4v) is 3.69. The Bertz CT molecular complexity index is 565. The molecule has 5 heteroatoms. The summed E-state index contributed by atoms with van der Waals surface area (Å²) < 4.78 is 26.9. The highest BCUT2D eigenvalue weighted by molar-refractivity contribution is 7.88. The predicted octanol–water partition coefficient (Wildman–Crippen LogP) is 2.46. The van der Waals surface area contributed by atoms with Gasteiger partial charge >= 0.3 is 0 Å². The van der Waals surface area contributed by atoms with Gasteiger partial charge in [0, 0.05) is 12.0 Å². The molecule has 0 amide bonds. The first-order chi connectivity index (χ1) is 9.53. The number of nitrogens with one attached hydrogen (secondary N) is 1. The lowest BCUT2D eigenvalue weighted by molar-refractivity contribution is 0.0166. The highest BCUT2D eigenvalue weighted by Gasteiger charge is 2.31. The second kappa shape index (κ2) is 6.90. The summed E-state index contributed by atoms with van der Waals surface area (Å²) in [5, 5.41) is 10.1. The van der Waals surface area contributed by atoms with E-state index in [1.54, 1.807) is 6.07 Å². The topological polar surface area (TPSA) is 66.4 Å². The Morgan fingerprint density at radius 2 is 1.90 bits per heavy atom. The minimum atomic E-state index is -3.40. The zero-order valence-electron chi connectivity index (χ0n) is 13.6. The van der Waals surface area contributed by atoms with E-state index in [2.05, 4.69) is 4.72 Å². The molecule has 0 heterocycles. The maximum Gasteiger partial charge on any atom is 0.215 e. The van der Waals surface area contributed by atoms with Crippen molar-refractivity contribution in [3.05, 3.63) is 35.4 Å². The van der Waals surface area contributed by atoms with Crippen LogP contribution in [0.4, 0.5) is 0 Å². The van der Waals surface area contributed by atoms with E-state index in [0.717, 1.165) is 11.1 Å². The summed E-state index contributed by atoms with van der Waals surface area (Å²) in [4.78, 5) is 0. The first-order valence-electron chi connectivity index (χ1n) is 7.24. The summed E-state index contributed by atoms with van der Waals surface area (Å²) in [5.41, 5.74) is 1.30. The highest BCUT2D eigenvalue weighted by Crippen LogP contribution is 2.25. The molecule has 1 rings (SSSR count). The van der Waals surface area contributed by atoms with Crippen LogP contribution < -0.4 is 4.72 Å². The van der Waals surface area contributed by atoms with E-state index in [9.17, 15) is 13.5 Å². The largest absolute Gasteiger partial charge is 0.392 e. The van der Waals surface area contributed by atoms with Gasteiger partial charge in [0.05, 0.1) is 11.9 Å². The molecular weight excluding hydrogens is 286 g/mol. The molecule has 1 atom stereocenters. The molecule has 0 spiro atoms. The van der Waals surface area contributed by atoms with Crippen LogP contribution in [0.2, 0.25) is 0 Å². The fraction of sp³-hybridized carbons (Fsp3) is 0.625. The Kier molecular flexibility index (Phi) is 5.96. The standard InChI is InChI=1S/C16H27NO3S/c1-12(2)15(18)16(4,5)11-17-21(19,20)10-14-8-6-7-13(3)9-14/h6-9,12,15,17-18H,10-11H2,1-5H3. The van der Waals surface area contributed by atoms with Crippen LogP contribution in [0.3, 0.4) is 0 Å². The van der Waals surface area contributed by atoms with Crippen LogP contribution in [0.1, 0.15) is 38.8 Å². The highest BCUT2D eigenvalue weighted by atomic mass is 32.2. The SMILES string of the molecule is Cc1cccc(CS(=O)(=O)NCC(C)(C)C(O)C(C)C)c1.